The van der Waals surface area contributed by atoms with Crippen LogP contribution in [0, 0.1) is 0 Å². The first-order valence-electron chi connectivity index (χ1n) is 9.80. The van der Waals surface area contributed by atoms with E-state index < -0.39 is 0 Å². The van der Waals surface area contributed by atoms with Gasteiger partial charge in [-0.3, -0.25) is 4.79 Å². The van der Waals surface area contributed by atoms with Crippen LogP contribution in [0.3, 0.4) is 0 Å². The second kappa shape index (κ2) is 9.69. The fourth-order valence-electron chi connectivity index (χ4n) is 3.12. The summed E-state index contributed by atoms with van der Waals surface area (Å²) in [4.78, 5) is 12.3. The second-order valence-corrected chi connectivity index (χ2v) is 7.78. The number of nitrogens with zero attached hydrogens (tertiary/aromatic N) is 3. The van der Waals surface area contributed by atoms with Crippen LogP contribution in [0.2, 0.25) is 0 Å². The molecule has 11 heteroatoms. The van der Waals surface area contributed by atoms with Crippen LogP contribution >= 0.6 is 11.8 Å². The Kier molecular flexibility index (Phi) is 6.55. The first-order valence-corrected chi connectivity index (χ1v) is 10.8. The molecule has 1 amide bonds. The highest BCUT2D eigenvalue weighted by Crippen LogP contribution is 2.32. The van der Waals surface area contributed by atoms with Crippen molar-refractivity contribution < 1.29 is 23.7 Å². The largest absolute Gasteiger partial charge is 0.493 e. The number of rotatable bonds is 8. The lowest BCUT2D eigenvalue weighted by Gasteiger charge is -2.26. The number of amides is 1. The van der Waals surface area contributed by atoms with Gasteiger partial charge in [0, 0.05) is 5.56 Å². The molecule has 0 aliphatic carbocycles. The Bertz CT molecular complexity index is 1110. The van der Waals surface area contributed by atoms with Crippen LogP contribution < -0.4 is 30.1 Å². The minimum absolute atomic E-state index is 0.130. The molecule has 0 unspecified atom stereocenters. The molecule has 0 saturated carbocycles. The number of hydrogen-bond acceptors (Lipinski definition) is 9. The molecule has 4 rings (SSSR count). The van der Waals surface area contributed by atoms with Gasteiger partial charge in [0.2, 0.25) is 11.1 Å². The van der Waals surface area contributed by atoms with Crippen molar-refractivity contribution in [2.75, 3.05) is 39.0 Å². The Balaban J connectivity index is 1.31. The molecule has 0 spiro atoms. The van der Waals surface area contributed by atoms with Gasteiger partial charge in [-0.2, -0.15) is 0 Å². The van der Waals surface area contributed by atoms with Gasteiger partial charge in [0.1, 0.15) is 12.7 Å². The van der Waals surface area contributed by atoms with Crippen LogP contribution in [0.1, 0.15) is 0 Å². The zero-order valence-corrected chi connectivity index (χ0v) is 18.4. The number of aromatic nitrogens is 3. The number of hydrogen-bond donors (Lipinski definition) is 2. The van der Waals surface area contributed by atoms with Crippen molar-refractivity contribution in [1.82, 2.24) is 20.2 Å². The van der Waals surface area contributed by atoms with E-state index in [1.807, 2.05) is 24.3 Å². The molecule has 1 aliphatic heterocycles. The molecule has 1 aromatic heterocycles. The molecule has 2 heterocycles. The number of thioether (sulfide) groups is 1. The Morgan fingerprint density at radius 2 is 1.97 bits per heavy atom. The Morgan fingerprint density at radius 3 is 2.75 bits per heavy atom. The number of carbonyl (C=O) groups excluding carboxylic acids is 1. The molecule has 0 fully saturated rings. The summed E-state index contributed by atoms with van der Waals surface area (Å²) in [6.07, 6.45) is -0.256. The molecule has 2 aromatic carbocycles. The summed E-state index contributed by atoms with van der Waals surface area (Å²) in [5.74, 6) is 9.08. The summed E-state index contributed by atoms with van der Waals surface area (Å²) < 4.78 is 23.4. The second-order valence-electron chi connectivity index (χ2n) is 6.84. The summed E-state index contributed by atoms with van der Waals surface area (Å²) in [7, 11) is 3.12. The smallest absolute Gasteiger partial charge is 0.230 e. The molecule has 0 bridgehead atoms. The van der Waals surface area contributed by atoms with Crippen molar-refractivity contribution in [3.05, 3.63) is 42.5 Å². The van der Waals surface area contributed by atoms with Crippen LogP contribution in [-0.2, 0) is 4.79 Å². The molecule has 3 aromatic rings. The zero-order valence-electron chi connectivity index (χ0n) is 17.6. The number of nitrogens with one attached hydrogen (secondary N) is 1. The fraction of sp³-hybridized carbons (Fsp3) is 0.286. The monoisotopic (exact) mass is 457 g/mol. The van der Waals surface area contributed by atoms with E-state index in [0.717, 1.165) is 0 Å². The Hall–Kier alpha value is -3.60. The molecular formula is C21H23N5O5S. The lowest BCUT2D eigenvalue weighted by atomic mass is 10.2. The third kappa shape index (κ3) is 4.67. The minimum atomic E-state index is -0.256. The van der Waals surface area contributed by atoms with E-state index in [1.165, 1.54) is 16.4 Å². The van der Waals surface area contributed by atoms with Crippen LogP contribution in [0.4, 0.5) is 0 Å². The maximum Gasteiger partial charge on any atom is 0.230 e. The predicted octanol–water partition coefficient (Wildman–Crippen LogP) is 1.72. The maximum atomic E-state index is 12.3. The van der Waals surface area contributed by atoms with Crippen molar-refractivity contribution in [3.8, 4) is 34.4 Å². The van der Waals surface area contributed by atoms with Gasteiger partial charge in [0.05, 0.1) is 26.5 Å². The van der Waals surface area contributed by atoms with E-state index in [2.05, 4.69) is 15.5 Å². The zero-order chi connectivity index (χ0) is 22.5. The van der Waals surface area contributed by atoms with Gasteiger partial charge in [-0.25, -0.2) is 4.68 Å². The summed E-state index contributed by atoms with van der Waals surface area (Å²) in [5.41, 5.74) is 0.712. The fourth-order valence-corrected chi connectivity index (χ4v) is 3.81. The average molecular weight is 458 g/mol. The van der Waals surface area contributed by atoms with E-state index in [1.54, 1.807) is 32.4 Å². The van der Waals surface area contributed by atoms with Crippen LogP contribution in [-0.4, -0.2) is 60.0 Å². The van der Waals surface area contributed by atoms with Gasteiger partial charge in [-0.05, 0) is 30.3 Å². The van der Waals surface area contributed by atoms with E-state index >= 15 is 0 Å². The van der Waals surface area contributed by atoms with Gasteiger partial charge in [0.15, 0.2) is 28.8 Å². The Morgan fingerprint density at radius 1 is 1.19 bits per heavy atom. The third-order valence-corrected chi connectivity index (χ3v) is 5.68. The molecule has 0 radical (unpaired) electrons. The number of nitrogen functional groups attached to an aromatic ring is 1. The van der Waals surface area contributed by atoms with E-state index in [4.69, 9.17) is 24.8 Å². The van der Waals surface area contributed by atoms with Crippen LogP contribution in [0.5, 0.6) is 23.0 Å². The summed E-state index contributed by atoms with van der Waals surface area (Å²) >= 11 is 1.19. The molecular weight excluding hydrogens is 434 g/mol. The number of methoxy groups -OCH3 is 2. The lowest BCUT2D eigenvalue weighted by molar-refractivity contribution is -0.119. The van der Waals surface area contributed by atoms with Gasteiger partial charge < -0.3 is 30.1 Å². The minimum Gasteiger partial charge on any atom is -0.493 e. The number of para-hydroxylation sites is 2. The van der Waals surface area contributed by atoms with Crippen molar-refractivity contribution in [3.63, 3.8) is 0 Å². The van der Waals surface area contributed by atoms with Gasteiger partial charge in [-0.1, -0.05) is 23.9 Å². The molecule has 0 saturated heterocycles. The van der Waals surface area contributed by atoms with Crippen molar-refractivity contribution in [2.24, 2.45) is 0 Å². The molecule has 1 atom stereocenters. The van der Waals surface area contributed by atoms with Crippen LogP contribution in [0.25, 0.3) is 11.4 Å². The first-order chi connectivity index (χ1) is 15.6. The van der Waals surface area contributed by atoms with Crippen molar-refractivity contribution in [1.29, 1.82) is 0 Å². The van der Waals surface area contributed by atoms with Crippen molar-refractivity contribution in [2.45, 2.75) is 11.3 Å². The molecule has 1 aliphatic rings. The predicted molar refractivity (Wildman–Crippen MR) is 119 cm³/mol. The highest BCUT2D eigenvalue weighted by molar-refractivity contribution is 7.99. The van der Waals surface area contributed by atoms with Crippen LogP contribution in [0.15, 0.2) is 47.6 Å². The summed E-state index contributed by atoms with van der Waals surface area (Å²) in [5, 5.41) is 11.5. The number of nitrogens with two attached hydrogens (primary N) is 1. The topological polar surface area (TPSA) is 123 Å². The molecule has 168 valence electrons. The third-order valence-electron chi connectivity index (χ3n) is 4.73. The number of ether oxygens (including phenoxy) is 4. The summed E-state index contributed by atoms with van der Waals surface area (Å²) in [6.45, 7) is 0.705. The molecule has 3 N–H and O–H groups in total. The van der Waals surface area contributed by atoms with E-state index in [0.29, 0.717) is 52.7 Å². The number of benzene rings is 2. The van der Waals surface area contributed by atoms with Crippen molar-refractivity contribution >= 4 is 17.7 Å². The number of carbonyl (C=O) groups is 1. The Labute approximate surface area is 189 Å². The number of fused-ring (bicyclic) bond motifs is 1. The maximum absolute atomic E-state index is 12.3. The highest BCUT2D eigenvalue weighted by atomic mass is 32.2. The molecule has 32 heavy (non-hydrogen) atoms. The first kappa shape index (κ1) is 21.6. The standard InChI is InChI=1S/C21H23N5O5S/c1-28-15-8-7-13(9-18(15)29-2)20-24-25-21(26(20)22)32-12-19(27)23-10-14-11-30-16-5-3-4-6-17(16)31-14/h3-9,14H,10-12,22H2,1-2H3,(H,23,27)/t14-/m0/s1. The van der Waals surface area contributed by atoms with Gasteiger partial charge in [-0.15, -0.1) is 10.2 Å². The van der Waals surface area contributed by atoms with E-state index in [-0.39, 0.29) is 17.8 Å². The summed E-state index contributed by atoms with van der Waals surface area (Å²) in [6, 6.07) is 12.8. The van der Waals surface area contributed by atoms with Gasteiger partial charge in [0.25, 0.3) is 0 Å². The normalized spacial score (nSPS) is 14.6. The highest BCUT2D eigenvalue weighted by Gasteiger charge is 2.21. The SMILES string of the molecule is COc1ccc(-c2nnc(SCC(=O)NC[C@H]3COc4ccccc4O3)n2N)cc1OC. The van der Waals surface area contributed by atoms with Gasteiger partial charge >= 0.3 is 0 Å². The quantitative estimate of drug-likeness (QED) is 0.384. The lowest BCUT2D eigenvalue weighted by Crippen LogP contribution is -2.41. The van der Waals surface area contributed by atoms with E-state index in [9.17, 15) is 4.79 Å². The molecule has 10 nitrogen and oxygen atoms in total. The average Bonchev–Trinajstić information content (AvgIpc) is 3.20.